The van der Waals surface area contributed by atoms with Crippen molar-refractivity contribution >= 4 is 40.3 Å². The average Bonchev–Trinajstić information content (AvgIpc) is 2.58. The van der Waals surface area contributed by atoms with Gasteiger partial charge in [-0.3, -0.25) is 4.79 Å². The number of H-pyrrole nitrogens is 1. The van der Waals surface area contributed by atoms with Crippen LogP contribution in [0.25, 0.3) is 11.0 Å². The van der Waals surface area contributed by atoms with Crippen LogP contribution < -0.4 is 5.73 Å². The van der Waals surface area contributed by atoms with E-state index in [4.69, 9.17) is 17.3 Å². The van der Waals surface area contributed by atoms with Gasteiger partial charge in [0.15, 0.2) is 5.16 Å². The molecule has 2 rings (SSSR count). The third-order valence-corrected chi connectivity index (χ3v) is 3.35. The van der Waals surface area contributed by atoms with Gasteiger partial charge in [0.25, 0.3) is 0 Å². The number of aromatic nitrogens is 2. The summed E-state index contributed by atoms with van der Waals surface area (Å²) < 4.78 is 0. The minimum absolute atomic E-state index is 0.309. The number of benzene rings is 1. The molecule has 1 unspecified atom stereocenters. The topological polar surface area (TPSA) is 71.8 Å². The van der Waals surface area contributed by atoms with E-state index in [1.54, 1.807) is 19.1 Å². The van der Waals surface area contributed by atoms with Gasteiger partial charge in [0.1, 0.15) is 0 Å². The van der Waals surface area contributed by atoms with Gasteiger partial charge < -0.3 is 10.7 Å². The van der Waals surface area contributed by atoms with Gasteiger partial charge in [-0.25, -0.2) is 4.98 Å². The van der Waals surface area contributed by atoms with Gasteiger partial charge in [-0.05, 0) is 25.1 Å². The van der Waals surface area contributed by atoms with E-state index in [1.165, 1.54) is 11.8 Å². The van der Waals surface area contributed by atoms with Crippen LogP contribution in [0.3, 0.4) is 0 Å². The maximum Gasteiger partial charge on any atom is 0.230 e. The number of rotatable bonds is 3. The fraction of sp³-hybridized carbons (Fsp3) is 0.200. The van der Waals surface area contributed by atoms with Crippen molar-refractivity contribution in [1.29, 1.82) is 0 Å². The van der Waals surface area contributed by atoms with Crippen LogP contribution in [0.2, 0.25) is 5.02 Å². The summed E-state index contributed by atoms with van der Waals surface area (Å²) in [6, 6.07) is 5.40. The molecule has 0 aliphatic heterocycles. The lowest BCUT2D eigenvalue weighted by molar-refractivity contribution is -0.117. The highest BCUT2D eigenvalue weighted by Crippen LogP contribution is 2.24. The molecule has 1 heterocycles. The number of thioether (sulfide) groups is 1. The number of nitrogens with zero attached hydrogens (tertiary/aromatic N) is 1. The Hall–Kier alpha value is -1.20. The SMILES string of the molecule is CC(Sc1nc2ccc(Cl)cc2[nH]1)C(N)=O. The Morgan fingerprint density at radius 2 is 2.38 bits per heavy atom. The smallest absolute Gasteiger partial charge is 0.230 e. The minimum Gasteiger partial charge on any atom is -0.369 e. The maximum absolute atomic E-state index is 10.9. The second kappa shape index (κ2) is 4.35. The number of nitrogens with one attached hydrogen (secondary N) is 1. The number of nitrogens with two attached hydrogens (primary N) is 1. The van der Waals surface area contributed by atoms with Gasteiger partial charge in [0.2, 0.25) is 5.91 Å². The third-order valence-electron chi connectivity index (χ3n) is 2.11. The first-order chi connectivity index (χ1) is 7.56. The standard InChI is InChI=1S/C10H10ClN3OS/c1-5(9(12)15)16-10-13-7-3-2-6(11)4-8(7)14-10/h2-5H,1H3,(H2,12,15)(H,13,14). The number of aromatic amines is 1. The lowest BCUT2D eigenvalue weighted by atomic mass is 10.3. The van der Waals surface area contributed by atoms with Crippen LogP contribution in [-0.4, -0.2) is 21.1 Å². The summed E-state index contributed by atoms with van der Waals surface area (Å²) in [4.78, 5) is 18.3. The molecule has 1 atom stereocenters. The van der Waals surface area contributed by atoms with Crippen molar-refractivity contribution in [3.8, 4) is 0 Å². The summed E-state index contributed by atoms with van der Waals surface area (Å²) in [7, 11) is 0. The summed E-state index contributed by atoms with van der Waals surface area (Å²) in [5.41, 5.74) is 6.86. The van der Waals surface area contributed by atoms with Gasteiger partial charge in [-0.15, -0.1) is 0 Å². The van der Waals surface area contributed by atoms with Gasteiger partial charge in [-0.1, -0.05) is 23.4 Å². The van der Waals surface area contributed by atoms with E-state index >= 15 is 0 Å². The maximum atomic E-state index is 10.9. The highest BCUT2D eigenvalue weighted by molar-refractivity contribution is 8.00. The van der Waals surface area contributed by atoms with Gasteiger partial charge in [0.05, 0.1) is 16.3 Å². The summed E-state index contributed by atoms with van der Waals surface area (Å²) in [5.74, 6) is -0.358. The van der Waals surface area contributed by atoms with Crippen molar-refractivity contribution in [1.82, 2.24) is 9.97 Å². The number of imidazole rings is 1. The number of hydrogen-bond donors (Lipinski definition) is 2. The molecule has 1 aromatic carbocycles. The molecule has 1 amide bonds. The van der Waals surface area contributed by atoms with E-state index in [-0.39, 0.29) is 11.2 Å². The molecular formula is C10H10ClN3OS. The fourth-order valence-corrected chi connectivity index (χ4v) is 2.18. The van der Waals surface area contributed by atoms with Crippen molar-refractivity contribution in [2.24, 2.45) is 5.73 Å². The second-order valence-corrected chi connectivity index (χ2v) is 5.13. The first-order valence-corrected chi connectivity index (χ1v) is 5.93. The number of amides is 1. The van der Waals surface area contributed by atoms with Crippen LogP contribution in [0.4, 0.5) is 0 Å². The largest absolute Gasteiger partial charge is 0.369 e. The number of halogens is 1. The normalized spacial score (nSPS) is 12.9. The second-order valence-electron chi connectivity index (χ2n) is 3.37. The number of primary amides is 1. The van der Waals surface area contributed by atoms with E-state index in [0.717, 1.165) is 11.0 Å². The summed E-state index contributed by atoms with van der Waals surface area (Å²) in [6.45, 7) is 1.74. The first kappa shape index (κ1) is 11.3. The molecule has 0 spiro atoms. The van der Waals surface area contributed by atoms with Gasteiger partial charge >= 0.3 is 0 Å². The van der Waals surface area contributed by atoms with Crippen LogP contribution in [0.15, 0.2) is 23.4 Å². The average molecular weight is 256 g/mol. The molecule has 0 saturated carbocycles. The molecular weight excluding hydrogens is 246 g/mol. The highest BCUT2D eigenvalue weighted by atomic mass is 35.5. The molecule has 0 aliphatic carbocycles. The quantitative estimate of drug-likeness (QED) is 0.826. The van der Waals surface area contributed by atoms with Crippen molar-refractivity contribution in [3.63, 3.8) is 0 Å². The fourth-order valence-electron chi connectivity index (χ4n) is 1.24. The zero-order valence-electron chi connectivity index (χ0n) is 8.53. The molecule has 0 aliphatic rings. The van der Waals surface area contributed by atoms with Gasteiger partial charge in [0, 0.05) is 5.02 Å². The van der Waals surface area contributed by atoms with Crippen LogP contribution >= 0.6 is 23.4 Å². The van der Waals surface area contributed by atoms with Crippen LogP contribution in [0.1, 0.15) is 6.92 Å². The molecule has 6 heteroatoms. The predicted molar refractivity (Wildman–Crippen MR) is 65.6 cm³/mol. The molecule has 84 valence electrons. The summed E-state index contributed by atoms with van der Waals surface area (Å²) >= 11 is 7.15. The Bertz CT molecular complexity index is 540. The number of carbonyl (C=O) groups excluding carboxylic acids is 1. The third kappa shape index (κ3) is 2.31. The number of hydrogen-bond acceptors (Lipinski definition) is 3. The van der Waals surface area contributed by atoms with Crippen LogP contribution in [0, 0.1) is 0 Å². The zero-order valence-corrected chi connectivity index (χ0v) is 10.1. The Kier molecular flexibility index (Phi) is 3.07. The van der Waals surface area contributed by atoms with Crippen molar-refractivity contribution in [2.45, 2.75) is 17.3 Å². The highest BCUT2D eigenvalue weighted by Gasteiger charge is 2.13. The molecule has 0 fully saturated rings. The molecule has 0 saturated heterocycles. The molecule has 4 nitrogen and oxygen atoms in total. The molecule has 0 radical (unpaired) electrons. The Morgan fingerprint density at radius 1 is 1.62 bits per heavy atom. The Balaban J connectivity index is 2.29. The lowest BCUT2D eigenvalue weighted by Gasteiger charge is -2.02. The van der Waals surface area contributed by atoms with Crippen LogP contribution in [-0.2, 0) is 4.79 Å². The van der Waals surface area contributed by atoms with Gasteiger partial charge in [-0.2, -0.15) is 0 Å². The first-order valence-electron chi connectivity index (χ1n) is 4.67. The summed E-state index contributed by atoms with van der Waals surface area (Å²) in [5, 5.41) is 1.01. The molecule has 0 bridgehead atoms. The van der Waals surface area contributed by atoms with E-state index < -0.39 is 0 Å². The Morgan fingerprint density at radius 3 is 3.06 bits per heavy atom. The Labute approximate surface area is 102 Å². The predicted octanol–water partition coefficient (Wildman–Crippen LogP) is 2.18. The van der Waals surface area contributed by atoms with E-state index in [2.05, 4.69) is 9.97 Å². The van der Waals surface area contributed by atoms with E-state index in [9.17, 15) is 4.79 Å². The minimum atomic E-state index is -0.358. The molecule has 16 heavy (non-hydrogen) atoms. The zero-order chi connectivity index (χ0) is 11.7. The molecule has 2 aromatic rings. The van der Waals surface area contributed by atoms with Crippen LogP contribution in [0.5, 0.6) is 0 Å². The van der Waals surface area contributed by atoms with Crippen molar-refractivity contribution < 1.29 is 4.79 Å². The van der Waals surface area contributed by atoms with Crippen molar-refractivity contribution in [3.05, 3.63) is 23.2 Å². The monoisotopic (exact) mass is 255 g/mol. The number of fused-ring (bicyclic) bond motifs is 1. The molecule has 3 N–H and O–H groups in total. The molecule has 1 aromatic heterocycles. The van der Waals surface area contributed by atoms with E-state index in [0.29, 0.717) is 10.2 Å². The lowest BCUT2D eigenvalue weighted by Crippen LogP contribution is -2.22. The summed E-state index contributed by atoms with van der Waals surface area (Å²) in [6.07, 6.45) is 0. The van der Waals surface area contributed by atoms with Crippen molar-refractivity contribution in [2.75, 3.05) is 0 Å². The number of carbonyl (C=O) groups is 1. The van der Waals surface area contributed by atoms with E-state index in [1.807, 2.05) is 6.07 Å².